The van der Waals surface area contributed by atoms with Crippen molar-refractivity contribution < 1.29 is 9.59 Å². The van der Waals surface area contributed by atoms with Crippen LogP contribution in [0.5, 0.6) is 0 Å². The second-order valence-corrected chi connectivity index (χ2v) is 6.62. The molecular formula is C16H12BrN3O2S. The summed E-state index contributed by atoms with van der Waals surface area (Å²) in [5, 5.41) is 6.90. The highest BCUT2D eigenvalue weighted by molar-refractivity contribution is 9.10. The fourth-order valence-corrected chi connectivity index (χ4v) is 3.99. The average Bonchev–Trinajstić information content (AvgIpc) is 2.88. The molecule has 3 aromatic rings. The van der Waals surface area contributed by atoms with Crippen molar-refractivity contribution in [3.8, 4) is 0 Å². The highest BCUT2D eigenvalue weighted by Gasteiger charge is 2.17. The molecule has 23 heavy (non-hydrogen) atoms. The molecule has 0 bridgehead atoms. The summed E-state index contributed by atoms with van der Waals surface area (Å²) in [4.78, 5) is 27.9. The Bertz CT molecular complexity index is 902. The third-order valence-corrected chi connectivity index (χ3v) is 5.19. The first kappa shape index (κ1) is 15.6. The molecular weight excluding hydrogens is 378 g/mol. The Hall–Kier alpha value is -2.25. The van der Waals surface area contributed by atoms with Gasteiger partial charge in [-0.15, -0.1) is 11.3 Å². The number of nitrogens with two attached hydrogens (primary N) is 1. The first-order chi connectivity index (χ1) is 11.1. The number of thiophene rings is 1. The van der Waals surface area contributed by atoms with Gasteiger partial charge in [0.15, 0.2) is 0 Å². The van der Waals surface area contributed by atoms with Crippen molar-refractivity contribution in [3.63, 3.8) is 0 Å². The van der Waals surface area contributed by atoms with Crippen molar-refractivity contribution >= 4 is 54.9 Å². The van der Waals surface area contributed by atoms with Gasteiger partial charge in [0.05, 0.1) is 12.0 Å². The van der Waals surface area contributed by atoms with E-state index in [1.54, 1.807) is 17.8 Å². The number of nitrogens with one attached hydrogen (secondary N) is 1. The fraction of sp³-hybridized carbons (Fsp3) is 0.0625. The molecule has 0 radical (unpaired) electrons. The maximum absolute atomic E-state index is 12.3. The summed E-state index contributed by atoms with van der Waals surface area (Å²) >= 11 is 4.52. The molecule has 116 valence electrons. The van der Waals surface area contributed by atoms with Crippen molar-refractivity contribution in [3.05, 3.63) is 57.6 Å². The number of amides is 2. The SMILES string of the molecule is NC(=O)c1c(Br)csc1NC(=O)Cc1cccc2cnccc12. The zero-order chi connectivity index (χ0) is 16.4. The highest BCUT2D eigenvalue weighted by atomic mass is 79.9. The molecule has 2 amide bonds. The number of halogens is 1. The Labute approximate surface area is 144 Å². The first-order valence-electron chi connectivity index (χ1n) is 6.74. The number of carbonyl (C=O) groups is 2. The van der Waals surface area contributed by atoms with E-state index in [1.807, 2.05) is 24.3 Å². The van der Waals surface area contributed by atoms with Crippen LogP contribution in [0.25, 0.3) is 10.8 Å². The second-order valence-electron chi connectivity index (χ2n) is 4.89. The number of primary amides is 1. The van der Waals surface area contributed by atoms with Crippen LogP contribution in [0.1, 0.15) is 15.9 Å². The molecule has 0 fully saturated rings. The molecule has 0 atom stereocenters. The lowest BCUT2D eigenvalue weighted by Gasteiger charge is -2.07. The van der Waals surface area contributed by atoms with Crippen LogP contribution in [0.3, 0.4) is 0 Å². The lowest BCUT2D eigenvalue weighted by Crippen LogP contribution is -2.18. The van der Waals surface area contributed by atoms with E-state index in [4.69, 9.17) is 5.73 Å². The van der Waals surface area contributed by atoms with Crippen LogP contribution < -0.4 is 11.1 Å². The van der Waals surface area contributed by atoms with Crippen molar-refractivity contribution in [2.24, 2.45) is 5.73 Å². The van der Waals surface area contributed by atoms with Gasteiger partial charge in [0.2, 0.25) is 5.91 Å². The number of rotatable bonds is 4. The van der Waals surface area contributed by atoms with Crippen LogP contribution in [0.2, 0.25) is 0 Å². The summed E-state index contributed by atoms with van der Waals surface area (Å²) in [5.41, 5.74) is 6.54. The summed E-state index contributed by atoms with van der Waals surface area (Å²) in [6.07, 6.45) is 3.67. The molecule has 0 spiro atoms. The van der Waals surface area contributed by atoms with Gasteiger partial charge < -0.3 is 11.1 Å². The molecule has 3 N–H and O–H groups in total. The smallest absolute Gasteiger partial charge is 0.252 e. The number of anilines is 1. The van der Waals surface area contributed by atoms with Crippen LogP contribution in [-0.4, -0.2) is 16.8 Å². The summed E-state index contributed by atoms with van der Waals surface area (Å²) in [6, 6.07) is 7.63. The minimum atomic E-state index is -0.579. The third kappa shape index (κ3) is 3.25. The summed E-state index contributed by atoms with van der Waals surface area (Å²) in [7, 11) is 0. The minimum absolute atomic E-state index is 0.203. The Morgan fingerprint density at radius 3 is 2.91 bits per heavy atom. The zero-order valence-electron chi connectivity index (χ0n) is 11.9. The van der Waals surface area contributed by atoms with Gasteiger partial charge in [0, 0.05) is 27.6 Å². The van der Waals surface area contributed by atoms with E-state index in [9.17, 15) is 9.59 Å². The van der Waals surface area contributed by atoms with E-state index >= 15 is 0 Å². The van der Waals surface area contributed by atoms with Gasteiger partial charge in [-0.05, 0) is 32.9 Å². The lowest BCUT2D eigenvalue weighted by atomic mass is 10.0. The van der Waals surface area contributed by atoms with Crippen LogP contribution in [-0.2, 0) is 11.2 Å². The van der Waals surface area contributed by atoms with Crippen molar-refractivity contribution in [2.45, 2.75) is 6.42 Å². The topological polar surface area (TPSA) is 85.1 Å². The number of pyridine rings is 1. The van der Waals surface area contributed by atoms with Crippen LogP contribution in [0, 0.1) is 0 Å². The maximum Gasteiger partial charge on any atom is 0.252 e. The van der Waals surface area contributed by atoms with E-state index in [2.05, 4.69) is 26.2 Å². The van der Waals surface area contributed by atoms with E-state index in [0.717, 1.165) is 16.3 Å². The molecule has 0 aliphatic rings. The van der Waals surface area contributed by atoms with Gasteiger partial charge in [-0.1, -0.05) is 18.2 Å². The van der Waals surface area contributed by atoms with Gasteiger partial charge in [0.25, 0.3) is 5.91 Å². The third-order valence-electron chi connectivity index (χ3n) is 3.37. The largest absolute Gasteiger partial charge is 0.365 e. The molecule has 2 aromatic heterocycles. The molecule has 0 aliphatic carbocycles. The van der Waals surface area contributed by atoms with Crippen molar-refractivity contribution in [2.75, 3.05) is 5.32 Å². The number of benzene rings is 1. The molecule has 0 unspecified atom stereocenters. The minimum Gasteiger partial charge on any atom is -0.365 e. The number of carbonyl (C=O) groups excluding carboxylic acids is 2. The number of nitrogens with zero attached hydrogens (tertiary/aromatic N) is 1. The van der Waals surface area contributed by atoms with Gasteiger partial charge in [-0.3, -0.25) is 14.6 Å². The molecule has 7 heteroatoms. The van der Waals surface area contributed by atoms with E-state index in [-0.39, 0.29) is 12.3 Å². The van der Waals surface area contributed by atoms with Gasteiger partial charge >= 0.3 is 0 Å². The van der Waals surface area contributed by atoms with E-state index < -0.39 is 5.91 Å². The Morgan fingerprint density at radius 1 is 1.30 bits per heavy atom. The fourth-order valence-electron chi connectivity index (χ4n) is 2.35. The van der Waals surface area contributed by atoms with E-state index in [1.165, 1.54) is 11.3 Å². The number of fused-ring (bicyclic) bond motifs is 1. The predicted octanol–water partition coefficient (Wildman–Crippen LogP) is 3.34. The highest BCUT2D eigenvalue weighted by Crippen LogP contribution is 2.32. The molecule has 2 heterocycles. The summed E-state index contributed by atoms with van der Waals surface area (Å²) < 4.78 is 0.585. The molecule has 0 saturated carbocycles. The molecule has 1 aromatic carbocycles. The number of hydrogen-bond donors (Lipinski definition) is 2. The first-order valence-corrected chi connectivity index (χ1v) is 8.42. The summed E-state index contributed by atoms with van der Waals surface area (Å²) in [6.45, 7) is 0. The number of hydrogen-bond acceptors (Lipinski definition) is 4. The Kier molecular flexibility index (Phi) is 4.40. The maximum atomic E-state index is 12.3. The summed E-state index contributed by atoms with van der Waals surface area (Å²) in [5.74, 6) is -0.782. The van der Waals surface area contributed by atoms with Gasteiger partial charge in [0.1, 0.15) is 5.00 Å². The van der Waals surface area contributed by atoms with E-state index in [0.29, 0.717) is 15.0 Å². The monoisotopic (exact) mass is 389 g/mol. The lowest BCUT2D eigenvalue weighted by molar-refractivity contribution is -0.115. The van der Waals surface area contributed by atoms with Crippen LogP contribution in [0.4, 0.5) is 5.00 Å². The number of aromatic nitrogens is 1. The molecule has 3 rings (SSSR count). The zero-order valence-corrected chi connectivity index (χ0v) is 14.3. The molecule has 5 nitrogen and oxygen atoms in total. The molecule has 0 aliphatic heterocycles. The standard InChI is InChI=1S/C16H12BrN3O2S/c17-12-8-23-16(14(12)15(18)22)20-13(21)6-9-2-1-3-10-7-19-5-4-11(9)10/h1-5,7-8H,6H2,(H2,18,22)(H,20,21). The van der Waals surface area contributed by atoms with Crippen LogP contribution >= 0.6 is 27.3 Å². The quantitative estimate of drug-likeness (QED) is 0.717. The second kappa shape index (κ2) is 6.47. The van der Waals surface area contributed by atoms with Gasteiger partial charge in [-0.25, -0.2) is 0 Å². The Morgan fingerprint density at radius 2 is 2.13 bits per heavy atom. The Balaban J connectivity index is 1.84. The van der Waals surface area contributed by atoms with Crippen LogP contribution in [0.15, 0.2) is 46.5 Å². The predicted molar refractivity (Wildman–Crippen MR) is 94.6 cm³/mol. The normalized spacial score (nSPS) is 10.7. The van der Waals surface area contributed by atoms with Crippen molar-refractivity contribution in [1.29, 1.82) is 0 Å². The van der Waals surface area contributed by atoms with Gasteiger partial charge in [-0.2, -0.15) is 0 Å². The average molecular weight is 390 g/mol. The van der Waals surface area contributed by atoms with Crippen molar-refractivity contribution in [1.82, 2.24) is 4.98 Å². The molecule has 0 saturated heterocycles.